The molecule has 0 aliphatic rings. The summed E-state index contributed by atoms with van der Waals surface area (Å²) in [5.41, 5.74) is 6.96. The maximum Gasteiger partial charge on any atom is 0.269 e. The average Bonchev–Trinajstić information content (AvgIpc) is 3.58. The predicted molar refractivity (Wildman–Crippen MR) is 150 cm³/mol. The number of aromatic nitrogens is 7. The van der Waals surface area contributed by atoms with Gasteiger partial charge in [-0.1, -0.05) is 32.9 Å². The first-order valence-electron chi connectivity index (χ1n) is 12.2. The van der Waals surface area contributed by atoms with Crippen LogP contribution in [0.15, 0.2) is 46.6 Å². The van der Waals surface area contributed by atoms with Gasteiger partial charge in [-0.25, -0.2) is 9.67 Å². The minimum Gasteiger partial charge on any atom is -0.497 e. The number of thiazole rings is 1. The summed E-state index contributed by atoms with van der Waals surface area (Å²) < 4.78 is 8.05. The van der Waals surface area contributed by atoms with E-state index in [1.807, 2.05) is 50.4 Å². The Balaban J connectivity index is 1.58. The predicted octanol–water partition coefficient (Wildman–Crippen LogP) is 3.13. The molecule has 3 N–H and O–H groups in total. The number of hydrogen-bond acceptors (Lipinski definition) is 10. The van der Waals surface area contributed by atoms with Crippen LogP contribution in [-0.2, 0) is 12.0 Å². The third-order valence-corrected chi connectivity index (χ3v) is 7.03. The van der Waals surface area contributed by atoms with Crippen molar-refractivity contribution in [2.75, 3.05) is 7.11 Å². The van der Waals surface area contributed by atoms with Crippen molar-refractivity contribution in [3.63, 3.8) is 0 Å². The van der Waals surface area contributed by atoms with Crippen molar-refractivity contribution >= 4 is 35.0 Å². The maximum atomic E-state index is 13.7. The number of carbonyl (C=O) groups is 1. The largest absolute Gasteiger partial charge is 0.497 e. The molecule has 4 aromatic heterocycles. The Morgan fingerprint density at radius 1 is 1.15 bits per heavy atom. The van der Waals surface area contributed by atoms with Gasteiger partial charge in [0.25, 0.3) is 5.56 Å². The standard InChI is InChI=1S/C27H26N8O4S/c1-27(2,3)20-14-40-25(29-20)19-11-16(23(28)36)12-22-30-24(37)18(26(38)35(19)22)9-10-21-31-32-33-34(21)13-15-5-7-17(39-4)8-6-15/h5-12,14,37H,13H2,1-4H3,(H2,28,36). The Kier molecular flexibility index (Phi) is 6.90. The number of fused-ring (bicyclic) bond motifs is 1. The van der Waals surface area contributed by atoms with E-state index in [0.29, 0.717) is 23.1 Å². The number of aromatic hydroxyl groups is 1. The molecule has 5 aromatic rings. The smallest absolute Gasteiger partial charge is 0.269 e. The lowest BCUT2D eigenvalue weighted by molar-refractivity contribution is 0.1000. The Morgan fingerprint density at radius 3 is 2.55 bits per heavy atom. The van der Waals surface area contributed by atoms with Crippen molar-refractivity contribution in [2.24, 2.45) is 5.73 Å². The number of amides is 1. The second-order valence-electron chi connectivity index (χ2n) is 10.0. The third-order valence-electron chi connectivity index (χ3n) is 6.17. The lowest BCUT2D eigenvalue weighted by Gasteiger charge is -2.14. The molecular weight excluding hydrogens is 532 g/mol. The zero-order valence-electron chi connectivity index (χ0n) is 22.2. The van der Waals surface area contributed by atoms with Gasteiger partial charge in [-0.05, 0) is 52.4 Å². The summed E-state index contributed by atoms with van der Waals surface area (Å²) in [5.74, 6) is -0.121. The van der Waals surface area contributed by atoms with Gasteiger partial charge in [0.15, 0.2) is 5.82 Å². The fourth-order valence-electron chi connectivity index (χ4n) is 3.95. The molecule has 4 heterocycles. The number of methoxy groups -OCH3 is 1. The summed E-state index contributed by atoms with van der Waals surface area (Å²) >= 11 is 1.33. The molecule has 0 fully saturated rings. The van der Waals surface area contributed by atoms with E-state index in [-0.39, 0.29) is 22.2 Å². The zero-order valence-corrected chi connectivity index (χ0v) is 23.0. The van der Waals surface area contributed by atoms with Crippen LogP contribution in [0.4, 0.5) is 0 Å². The molecule has 5 rings (SSSR count). The van der Waals surface area contributed by atoms with E-state index in [2.05, 4.69) is 20.5 Å². The van der Waals surface area contributed by atoms with Crippen molar-refractivity contribution in [1.82, 2.24) is 34.6 Å². The first-order valence-corrected chi connectivity index (χ1v) is 13.1. The molecule has 0 aliphatic carbocycles. The molecule has 0 aliphatic heterocycles. The van der Waals surface area contributed by atoms with Crippen LogP contribution < -0.4 is 16.0 Å². The van der Waals surface area contributed by atoms with Crippen molar-refractivity contribution < 1.29 is 14.6 Å². The summed E-state index contributed by atoms with van der Waals surface area (Å²) in [7, 11) is 1.60. The lowest BCUT2D eigenvalue weighted by Crippen LogP contribution is -2.21. The van der Waals surface area contributed by atoms with Gasteiger partial charge < -0.3 is 15.6 Å². The number of tetrazole rings is 1. The van der Waals surface area contributed by atoms with E-state index in [9.17, 15) is 14.7 Å². The van der Waals surface area contributed by atoms with Crippen molar-refractivity contribution in [1.29, 1.82) is 0 Å². The number of ether oxygens (including phenoxy) is 1. The molecule has 12 nitrogen and oxygen atoms in total. The fourth-order valence-corrected chi connectivity index (χ4v) is 5.00. The normalized spacial score (nSPS) is 11.9. The van der Waals surface area contributed by atoms with E-state index >= 15 is 0 Å². The number of hydrogen-bond donors (Lipinski definition) is 2. The average molecular weight is 559 g/mol. The highest BCUT2D eigenvalue weighted by molar-refractivity contribution is 7.13. The van der Waals surface area contributed by atoms with Crippen LogP contribution >= 0.6 is 11.3 Å². The summed E-state index contributed by atoms with van der Waals surface area (Å²) in [6.07, 6.45) is 2.92. The molecule has 0 spiro atoms. The van der Waals surface area contributed by atoms with Gasteiger partial charge in [-0.15, -0.1) is 16.4 Å². The molecule has 40 heavy (non-hydrogen) atoms. The first-order chi connectivity index (χ1) is 19.0. The number of pyridine rings is 1. The number of nitrogens with zero attached hydrogens (tertiary/aromatic N) is 7. The second-order valence-corrected chi connectivity index (χ2v) is 10.9. The molecule has 0 saturated heterocycles. The van der Waals surface area contributed by atoms with Crippen molar-refractivity contribution in [2.45, 2.75) is 32.7 Å². The molecule has 0 atom stereocenters. The van der Waals surface area contributed by atoms with E-state index in [0.717, 1.165) is 17.0 Å². The van der Waals surface area contributed by atoms with Crippen LogP contribution in [0.3, 0.4) is 0 Å². The number of primary amides is 1. The van der Waals surface area contributed by atoms with Crippen LogP contribution in [0.25, 0.3) is 28.5 Å². The van der Waals surface area contributed by atoms with Crippen LogP contribution in [0.2, 0.25) is 0 Å². The molecule has 13 heteroatoms. The minimum atomic E-state index is -0.697. The minimum absolute atomic E-state index is 0.0581. The highest BCUT2D eigenvalue weighted by Gasteiger charge is 2.22. The van der Waals surface area contributed by atoms with Gasteiger partial charge >= 0.3 is 0 Å². The van der Waals surface area contributed by atoms with E-state index in [4.69, 9.17) is 15.5 Å². The Labute approximate surface area is 232 Å². The Hall–Kier alpha value is -4.91. The number of rotatable bonds is 7. The first kappa shape index (κ1) is 26.7. The Morgan fingerprint density at radius 2 is 1.90 bits per heavy atom. The van der Waals surface area contributed by atoms with E-state index in [1.54, 1.807) is 11.8 Å². The van der Waals surface area contributed by atoms with Gasteiger partial charge in [-0.2, -0.15) is 4.98 Å². The Bertz CT molecular complexity index is 1810. The third kappa shape index (κ3) is 5.18. The number of nitrogens with two attached hydrogens (primary N) is 1. The zero-order chi connectivity index (χ0) is 28.6. The van der Waals surface area contributed by atoms with E-state index < -0.39 is 17.3 Å². The summed E-state index contributed by atoms with van der Waals surface area (Å²) in [6, 6.07) is 10.3. The highest BCUT2D eigenvalue weighted by Crippen LogP contribution is 2.31. The van der Waals surface area contributed by atoms with Crippen molar-refractivity contribution in [3.05, 3.63) is 80.3 Å². The summed E-state index contributed by atoms with van der Waals surface area (Å²) in [5, 5.41) is 24.9. The topological polar surface area (TPSA) is 163 Å². The molecular formula is C27H26N8O4S. The van der Waals surface area contributed by atoms with Gasteiger partial charge in [0.05, 0.1) is 25.0 Å². The van der Waals surface area contributed by atoms with Crippen LogP contribution in [0.1, 0.15) is 53.8 Å². The highest BCUT2D eigenvalue weighted by atomic mass is 32.1. The number of carbonyl (C=O) groups excluding carboxylic acids is 1. The molecule has 0 saturated carbocycles. The summed E-state index contributed by atoms with van der Waals surface area (Å²) in [6.45, 7) is 6.46. The van der Waals surface area contributed by atoms with E-state index in [1.165, 1.54) is 40.0 Å². The maximum absolute atomic E-state index is 13.7. The molecule has 0 unspecified atom stereocenters. The fraction of sp³-hybridized carbons (Fsp3) is 0.222. The van der Waals surface area contributed by atoms with Gasteiger partial charge in [0, 0.05) is 16.4 Å². The van der Waals surface area contributed by atoms with Crippen molar-refractivity contribution in [3.8, 4) is 22.3 Å². The molecule has 204 valence electrons. The molecule has 1 aromatic carbocycles. The SMILES string of the molecule is COc1ccc(Cn2nnnc2C=Cc2c(O)nc3cc(C(N)=O)cc(-c4nc(C(C)(C)C)cs4)n3c2=O)cc1. The molecule has 0 bridgehead atoms. The molecule has 1 amide bonds. The lowest BCUT2D eigenvalue weighted by atomic mass is 9.93. The van der Waals surface area contributed by atoms with Crippen LogP contribution in [0, 0.1) is 0 Å². The molecule has 0 radical (unpaired) electrons. The van der Waals surface area contributed by atoms with Gasteiger partial charge in [0.2, 0.25) is 11.8 Å². The quantitative estimate of drug-likeness (QED) is 0.305. The second kappa shape index (κ2) is 10.3. The van der Waals surface area contributed by atoms with Crippen LogP contribution in [-0.4, -0.2) is 52.7 Å². The van der Waals surface area contributed by atoms with Crippen LogP contribution in [0.5, 0.6) is 11.6 Å². The van der Waals surface area contributed by atoms with Gasteiger partial charge in [0.1, 0.15) is 22.0 Å². The monoisotopic (exact) mass is 558 g/mol. The number of benzene rings is 1. The summed E-state index contributed by atoms with van der Waals surface area (Å²) in [4.78, 5) is 34.7. The van der Waals surface area contributed by atoms with Gasteiger partial charge in [-0.3, -0.25) is 14.0 Å².